The van der Waals surface area contributed by atoms with Crippen molar-refractivity contribution in [3.05, 3.63) is 104 Å². The lowest BCUT2D eigenvalue weighted by molar-refractivity contribution is 0.104. The first-order valence-electron chi connectivity index (χ1n) is 9.56. The Morgan fingerprint density at radius 2 is 1.41 bits per heavy atom. The molecule has 0 aromatic heterocycles. The average Bonchev–Trinajstić information content (AvgIpc) is 2.73. The lowest BCUT2D eigenvalue weighted by Gasteiger charge is -2.10. The Hall–Kier alpha value is -2.55. The minimum atomic E-state index is -4.00. The van der Waals surface area contributed by atoms with Crippen LogP contribution < -0.4 is 0 Å². The van der Waals surface area contributed by atoms with Gasteiger partial charge in [-0.3, -0.25) is 4.79 Å². The molecule has 0 atom stereocenters. The van der Waals surface area contributed by atoms with Crippen molar-refractivity contribution in [2.75, 3.05) is 6.26 Å². The van der Waals surface area contributed by atoms with Crippen LogP contribution in [0.2, 0.25) is 0 Å². The zero-order chi connectivity index (χ0) is 23.5. The molecular weight excluding hydrogens is 512 g/mol. The van der Waals surface area contributed by atoms with Crippen molar-refractivity contribution in [2.24, 2.45) is 0 Å². The maximum absolute atomic E-state index is 13.3. The van der Waals surface area contributed by atoms with E-state index < -0.39 is 25.5 Å². The summed E-state index contributed by atoms with van der Waals surface area (Å²) >= 11 is 3.30. The highest BCUT2D eigenvalue weighted by molar-refractivity contribution is 9.10. The van der Waals surface area contributed by atoms with Crippen LogP contribution in [0.5, 0.6) is 0 Å². The van der Waals surface area contributed by atoms with Gasteiger partial charge < -0.3 is 0 Å². The molecule has 0 fully saturated rings. The Morgan fingerprint density at radius 1 is 0.844 bits per heavy atom. The largest absolute Gasteiger partial charge is 0.288 e. The fraction of sp³-hybridized carbons (Fsp3) is 0.125. The van der Waals surface area contributed by atoms with E-state index in [4.69, 9.17) is 0 Å². The number of sulfone groups is 2. The van der Waals surface area contributed by atoms with Crippen molar-refractivity contribution >= 4 is 47.5 Å². The van der Waals surface area contributed by atoms with Gasteiger partial charge in [0.05, 0.1) is 10.6 Å². The van der Waals surface area contributed by atoms with Gasteiger partial charge in [0.2, 0.25) is 5.78 Å². The summed E-state index contributed by atoms with van der Waals surface area (Å²) in [5.41, 5.74) is 2.21. The van der Waals surface area contributed by atoms with Crippen molar-refractivity contribution in [1.29, 1.82) is 0 Å². The summed E-state index contributed by atoms with van der Waals surface area (Å²) in [6.07, 6.45) is 2.38. The topological polar surface area (TPSA) is 85.3 Å². The number of carbonyl (C=O) groups excluding carboxylic acids is 1. The van der Waals surface area contributed by atoms with E-state index in [-0.39, 0.29) is 21.1 Å². The van der Waals surface area contributed by atoms with E-state index in [2.05, 4.69) is 15.9 Å². The summed E-state index contributed by atoms with van der Waals surface area (Å²) in [7, 11) is -7.40. The molecule has 0 amide bonds. The lowest BCUT2D eigenvalue weighted by Crippen LogP contribution is -2.16. The standard InChI is InChI=1S/C24H21BrO5S2/c1-17-3-5-19(6-4-17)16-32(29,30)23(24(26)20-9-11-21(25)12-10-20)15-18-7-13-22(14-8-18)31(2,27)28/h3-15H,16H2,1-2H3/b23-15+. The summed E-state index contributed by atoms with van der Waals surface area (Å²) in [4.78, 5) is 13.0. The van der Waals surface area contributed by atoms with Crippen LogP contribution in [0.4, 0.5) is 0 Å². The molecule has 0 heterocycles. The predicted octanol–water partition coefficient (Wildman–Crippen LogP) is 5.00. The van der Waals surface area contributed by atoms with Crippen LogP contribution >= 0.6 is 15.9 Å². The molecule has 0 aliphatic rings. The molecule has 0 saturated carbocycles. The number of aryl methyl sites for hydroxylation is 1. The van der Waals surface area contributed by atoms with E-state index in [9.17, 15) is 21.6 Å². The monoisotopic (exact) mass is 532 g/mol. The minimum absolute atomic E-state index is 0.109. The molecule has 5 nitrogen and oxygen atoms in total. The molecule has 0 bridgehead atoms. The first-order valence-corrected chi connectivity index (χ1v) is 13.9. The van der Waals surface area contributed by atoms with Crippen molar-refractivity contribution in [1.82, 2.24) is 0 Å². The highest BCUT2D eigenvalue weighted by Crippen LogP contribution is 2.24. The molecule has 0 N–H and O–H groups in total. The smallest absolute Gasteiger partial charge is 0.204 e. The van der Waals surface area contributed by atoms with Gasteiger partial charge in [0.15, 0.2) is 19.7 Å². The van der Waals surface area contributed by atoms with Gasteiger partial charge in [-0.15, -0.1) is 0 Å². The van der Waals surface area contributed by atoms with Gasteiger partial charge in [-0.1, -0.05) is 57.9 Å². The van der Waals surface area contributed by atoms with E-state index >= 15 is 0 Å². The zero-order valence-corrected chi connectivity index (χ0v) is 20.7. The quantitative estimate of drug-likeness (QED) is 0.315. The van der Waals surface area contributed by atoms with Gasteiger partial charge >= 0.3 is 0 Å². The van der Waals surface area contributed by atoms with Crippen molar-refractivity contribution < 1.29 is 21.6 Å². The van der Waals surface area contributed by atoms with Crippen LogP contribution in [0, 0.1) is 6.92 Å². The van der Waals surface area contributed by atoms with Crippen LogP contribution in [-0.2, 0) is 25.4 Å². The Kier molecular flexibility index (Phi) is 7.17. The first kappa shape index (κ1) is 24.1. The Morgan fingerprint density at radius 3 is 1.94 bits per heavy atom. The third-order valence-corrected chi connectivity index (χ3v) is 8.09. The second kappa shape index (κ2) is 9.52. The van der Waals surface area contributed by atoms with Gasteiger partial charge in [0.1, 0.15) is 4.91 Å². The number of allylic oxidation sites excluding steroid dienone is 1. The second-order valence-corrected chi connectivity index (χ2v) is 12.3. The molecule has 32 heavy (non-hydrogen) atoms. The Labute approximate surface area is 196 Å². The molecule has 0 aliphatic heterocycles. The molecule has 0 unspecified atom stereocenters. The van der Waals surface area contributed by atoms with E-state index in [0.29, 0.717) is 11.1 Å². The summed E-state index contributed by atoms with van der Waals surface area (Å²) < 4.78 is 50.8. The van der Waals surface area contributed by atoms with E-state index in [1.807, 2.05) is 19.1 Å². The predicted molar refractivity (Wildman–Crippen MR) is 130 cm³/mol. The van der Waals surface area contributed by atoms with E-state index in [1.54, 1.807) is 36.4 Å². The molecule has 0 spiro atoms. The highest BCUT2D eigenvalue weighted by atomic mass is 79.9. The fourth-order valence-electron chi connectivity index (χ4n) is 2.98. The normalized spacial score (nSPS) is 12.5. The number of benzene rings is 3. The average molecular weight is 533 g/mol. The maximum atomic E-state index is 13.3. The van der Waals surface area contributed by atoms with E-state index in [1.165, 1.54) is 30.3 Å². The van der Waals surface area contributed by atoms with Crippen LogP contribution in [0.15, 0.2) is 87.1 Å². The summed E-state index contributed by atoms with van der Waals surface area (Å²) in [6.45, 7) is 1.90. The maximum Gasteiger partial charge on any atom is 0.204 e. The SMILES string of the molecule is Cc1ccc(CS(=O)(=O)/C(=C/c2ccc(S(C)(=O)=O)cc2)C(=O)c2ccc(Br)cc2)cc1. The van der Waals surface area contributed by atoms with Crippen LogP contribution in [-0.4, -0.2) is 28.9 Å². The van der Waals surface area contributed by atoms with Crippen LogP contribution in [0.3, 0.4) is 0 Å². The Balaban J connectivity index is 2.07. The van der Waals surface area contributed by atoms with Crippen molar-refractivity contribution in [2.45, 2.75) is 17.6 Å². The number of halogens is 1. The van der Waals surface area contributed by atoms with E-state index in [0.717, 1.165) is 16.3 Å². The highest BCUT2D eigenvalue weighted by Gasteiger charge is 2.26. The third kappa shape index (κ3) is 6.03. The summed E-state index contributed by atoms with van der Waals surface area (Å²) in [6, 6.07) is 19.2. The minimum Gasteiger partial charge on any atom is -0.288 e. The molecule has 0 aliphatic carbocycles. The zero-order valence-electron chi connectivity index (χ0n) is 17.4. The fourth-order valence-corrected chi connectivity index (χ4v) is 5.38. The molecule has 3 aromatic carbocycles. The van der Waals surface area contributed by atoms with Gasteiger partial charge in [0.25, 0.3) is 0 Å². The summed E-state index contributed by atoms with van der Waals surface area (Å²) in [5.74, 6) is -0.959. The number of hydrogen-bond donors (Lipinski definition) is 0. The number of rotatable bonds is 7. The van der Waals surface area contributed by atoms with Crippen molar-refractivity contribution in [3.8, 4) is 0 Å². The second-order valence-electron chi connectivity index (χ2n) is 7.43. The first-order chi connectivity index (χ1) is 15.0. The summed E-state index contributed by atoms with van der Waals surface area (Å²) in [5, 5.41) is 0. The number of Topliss-reactive ketones (excluding diaryl/α,β-unsaturated/α-hetero) is 1. The number of carbonyl (C=O) groups is 1. The van der Waals surface area contributed by atoms with Gasteiger partial charge in [-0.2, -0.15) is 0 Å². The molecule has 8 heteroatoms. The third-order valence-electron chi connectivity index (χ3n) is 4.75. The Bertz CT molecular complexity index is 1370. The molecule has 166 valence electrons. The number of ketones is 1. The van der Waals surface area contributed by atoms with Crippen LogP contribution in [0.25, 0.3) is 6.08 Å². The molecule has 0 saturated heterocycles. The number of hydrogen-bond acceptors (Lipinski definition) is 5. The van der Waals surface area contributed by atoms with Crippen LogP contribution in [0.1, 0.15) is 27.0 Å². The molecular formula is C24H21BrO5S2. The van der Waals surface area contributed by atoms with Crippen molar-refractivity contribution in [3.63, 3.8) is 0 Å². The molecule has 3 rings (SSSR count). The van der Waals surface area contributed by atoms with Gasteiger partial charge in [-0.25, -0.2) is 16.8 Å². The van der Waals surface area contributed by atoms with Gasteiger partial charge in [-0.05, 0) is 60.5 Å². The molecule has 3 aromatic rings. The molecule has 0 radical (unpaired) electrons. The lowest BCUT2D eigenvalue weighted by atomic mass is 10.1. The van der Waals surface area contributed by atoms with Gasteiger partial charge in [0, 0.05) is 16.3 Å².